The van der Waals surface area contributed by atoms with Crippen LogP contribution in [0, 0.1) is 0 Å². The van der Waals surface area contributed by atoms with E-state index in [4.69, 9.17) is 4.74 Å². The van der Waals surface area contributed by atoms with Gasteiger partial charge in [-0.15, -0.1) is 0 Å². The molecule has 1 N–H and O–H groups in total. The van der Waals surface area contributed by atoms with Crippen molar-refractivity contribution < 1.29 is 31.1 Å². The second kappa shape index (κ2) is 9.20. The molecule has 0 saturated heterocycles. The monoisotopic (exact) mass is 403 g/mol. The number of ether oxygens (including phenoxy) is 2. The molecular weight excluding hydrogens is 383 g/mol. The van der Waals surface area contributed by atoms with E-state index in [0.717, 1.165) is 0 Å². The first-order valence-electron chi connectivity index (χ1n) is 8.14. The van der Waals surface area contributed by atoms with Crippen molar-refractivity contribution in [3.05, 3.63) is 59.7 Å². The summed E-state index contributed by atoms with van der Waals surface area (Å²) in [5, 5.41) is 0. The van der Waals surface area contributed by atoms with Gasteiger partial charge >= 0.3 is 6.18 Å². The molecule has 0 aliphatic rings. The molecule has 2 aromatic rings. The molecule has 0 spiro atoms. The highest BCUT2D eigenvalue weighted by Gasteiger charge is 2.27. The molecule has 0 saturated carbocycles. The maximum atomic E-state index is 12.3. The first kappa shape index (κ1) is 21.2. The molecule has 0 aliphatic carbocycles. The minimum absolute atomic E-state index is 0.0548. The van der Waals surface area contributed by atoms with E-state index in [1.165, 1.54) is 12.1 Å². The van der Waals surface area contributed by atoms with Gasteiger partial charge in [0, 0.05) is 6.54 Å². The molecule has 5 nitrogen and oxygen atoms in total. The molecule has 0 atom stereocenters. The molecule has 0 radical (unpaired) electrons. The van der Waals surface area contributed by atoms with Crippen LogP contribution in [0.3, 0.4) is 0 Å². The number of nitrogens with one attached hydrogen (secondary N) is 1. The SMILES string of the molecule is CCOc1ccc(S(=O)(=O)NCc2ccc(COCC(F)(F)F)cc2)cc1. The average molecular weight is 403 g/mol. The predicted molar refractivity (Wildman–Crippen MR) is 93.8 cm³/mol. The summed E-state index contributed by atoms with van der Waals surface area (Å²) in [7, 11) is -3.69. The lowest BCUT2D eigenvalue weighted by molar-refractivity contribution is -0.176. The van der Waals surface area contributed by atoms with Gasteiger partial charge in [-0.1, -0.05) is 24.3 Å². The molecule has 0 unspecified atom stereocenters. The Hall–Kier alpha value is -2.10. The molecule has 2 rings (SSSR count). The molecule has 27 heavy (non-hydrogen) atoms. The maximum absolute atomic E-state index is 12.3. The van der Waals surface area contributed by atoms with Gasteiger partial charge in [0.1, 0.15) is 12.4 Å². The number of hydrogen-bond donors (Lipinski definition) is 1. The lowest BCUT2D eigenvalue weighted by Crippen LogP contribution is -2.23. The van der Waals surface area contributed by atoms with E-state index in [9.17, 15) is 21.6 Å². The van der Waals surface area contributed by atoms with Gasteiger partial charge < -0.3 is 9.47 Å². The Morgan fingerprint density at radius 1 is 0.963 bits per heavy atom. The summed E-state index contributed by atoms with van der Waals surface area (Å²) < 4.78 is 73.0. The Morgan fingerprint density at radius 3 is 2.11 bits per heavy atom. The first-order chi connectivity index (χ1) is 12.7. The Bertz CT molecular complexity index is 819. The van der Waals surface area contributed by atoms with Crippen molar-refractivity contribution in [1.29, 1.82) is 0 Å². The highest BCUT2D eigenvalue weighted by atomic mass is 32.2. The maximum Gasteiger partial charge on any atom is 0.411 e. The lowest BCUT2D eigenvalue weighted by atomic mass is 10.1. The fourth-order valence-electron chi connectivity index (χ4n) is 2.18. The van der Waals surface area contributed by atoms with Gasteiger partial charge in [-0.2, -0.15) is 13.2 Å². The summed E-state index contributed by atoms with van der Waals surface area (Å²) >= 11 is 0. The van der Waals surface area contributed by atoms with Crippen LogP contribution < -0.4 is 9.46 Å². The second-order valence-electron chi connectivity index (χ2n) is 5.65. The number of hydrogen-bond acceptors (Lipinski definition) is 4. The van der Waals surface area contributed by atoms with Crippen molar-refractivity contribution in [3.8, 4) is 5.75 Å². The third-order valence-electron chi connectivity index (χ3n) is 3.47. The minimum Gasteiger partial charge on any atom is -0.494 e. The van der Waals surface area contributed by atoms with Crippen LogP contribution in [0.4, 0.5) is 13.2 Å². The standard InChI is InChI=1S/C18H20F3NO4S/c1-2-26-16-7-9-17(10-8-16)27(23,24)22-11-14-3-5-15(6-4-14)12-25-13-18(19,20)21/h3-10,22H,2,11-13H2,1H3. The number of benzene rings is 2. The fraction of sp³-hybridized carbons (Fsp3) is 0.333. The number of alkyl halides is 3. The third kappa shape index (κ3) is 7.20. The molecular formula is C18H20F3NO4S. The summed E-state index contributed by atoms with van der Waals surface area (Å²) in [5.74, 6) is 0.583. The summed E-state index contributed by atoms with van der Waals surface area (Å²) in [4.78, 5) is 0.114. The molecule has 0 fully saturated rings. The highest BCUT2D eigenvalue weighted by molar-refractivity contribution is 7.89. The Kier molecular flexibility index (Phi) is 7.23. The normalized spacial score (nSPS) is 12.1. The number of sulfonamides is 1. The van der Waals surface area contributed by atoms with Gasteiger partial charge in [-0.25, -0.2) is 13.1 Å². The lowest BCUT2D eigenvalue weighted by Gasteiger charge is -2.10. The minimum atomic E-state index is -4.36. The summed E-state index contributed by atoms with van der Waals surface area (Å²) in [5.41, 5.74) is 1.24. The molecule has 0 aliphatic heterocycles. The van der Waals surface area contributed by atoms with E-state index in [-0.39, 0.29) is 18.0 Å². The first-order valence-corrected chi connectivity index (χ1v) is 9.63. The van der Waals surface area contributed by atoms with Gasteiger partial charge in [-0.3, -0.25) is 0 Å². The number of halogens is 3. The highest BCUT2D eigenvalue weighted by Crippen LogP contribution is 2.17. The molecule has 0 amide bonds. The van der Waals surface area contributed by atoms with Crippen molar-refractivity contribution >= 4 is 10.0 Å². The van der Waals surface area contributed by atoms with Gasteiger partial charge in [0.2, 0.25) is 10.0 Å². The van der Waals surface area contributed by atoms with Crippen LogP contribution in [0.1, 0.15) is 18.1 Å². The molecule has 2 aromatic carbocycles. The van der Waals surface area contributed by atoms with Crippen molar-refractivity contribution in [2.45, 2.75) is 31.1 Å². The van der Waals surface area contributed by atoms with E-state index < -0.39 is 22.8 Å². The van der Waals surface area contributed by atoms with E-state index in [1.54, 1.807) is 36.4 Å². The summed E-state index contributed by atoms with van der Waals surface area (Å²) in [6.45, 7) is 0.898. The predicted octanol–water partition coefficient (Wildman–Crippen LogP) is 3.64. The molecule has 0 aromatic heterocycles. The Morgan fingerprint density at radius 2 is 1.56 bits per heavy atom. The van der Waals surface area contributed by atoms with Gasteiger partial charge in [0.25, 0.3) is 0 Å². The van der Waals surface area contributed by atoms with Crippen LogP contribution in [0.2, 0.25) is 0 Å². The van der Waals surface area contributed by atoms with Crippen LogP contribution in [0.15, 0.2) is 53.4 Å². The smallest absolute Gasteiger partial charge is 0.411 e. The van der Waals surface area contributed by atoms with E-state index >= 15 is 0 Å². The fourth-order valence-corrected chi connectivity index (χ4v) is 3.20. The quantitative estimate of drug-likeness (QED) is 0.694. The van der Waals surface area contributed by atoms with Crippen LogP contribution in [-0.4, -0.2) is 27.8 Å². The molecule has 9 heteroatoms. The molecule has 0 bridgehead atoms. The van der Waals surface area contributed by atoms with Gasteiger partial charge in [-0.05, 0) is 42.3 Å². The van der Waals surface area contributed by atoms with Crippen LogP contribution in [0.25, 0.3) is 0 Å². The van der Waals surface area contributed by atoms with E-state index in [2.05, 4.69) is 9.46 Å². The molecule has 0 heterocycles. The van der Waals surface area contributed by atoms with Crippen molar-refractivity contribution in [2.24, 2.45) is 0 Å². The van der Waals surface area contributed by atoms with Crippen molar-refractivity contribution in [2.75, 3.05) is 13.2 Å². The van der Waals surface area contributed by atoms with Crippen molar-refractivity contribution in [1.82, 2.24) is 4.72 Å². The third-order valence-corrected chi connectivity index (χ3v) is 4.89. The zero-order valence-corrected chi connectivity index (χ0v) is 15.4. The van der Waals surface area contributed by atoms with Crippen LogP contribution >= 0.6 is 0 Å². The van der Waals surface area contributed by atoms with Gasteiger partial charge in [0.15, 0.2) is 0 Å². The Labute approximate surface area is 156 Å². The Balaban J connectivity index is 1.89. The second-order valence-corrected chi connectivity index (χ2v) is 7.42. The van der Waals surface area contributed by atoms with Crippen LogP contribution in [-0.2, 0) is 27.9 Å². The zero-order chi connectivity index (χ0) is 19.9. The number of rotatable bonds is 9. The average Bonchev–Trinajstić information content (AvgIpc) is 2.61. The van der Waals surface area contributed by atoms with E-state index in [0.29, 0.717) is 23.5 Å². The van der Waals surface area contributed by atoms with E-state index in [1.807, 2.05) is 6.92 Å². The van der Waals surface area contributed by atoms with Crippen molar-refractivity contribution in [3.63, 3.8) is 0 Å². The largest absolute Gasteiger partial charge is 0.494 e. The topological polar surface area (TPSA) is 64.6 Å². The van der Waals surface area contributed by atoms with Gasteiger partial charge in [0.05, 0.1) is 18.1 Å². The van der Waals surface area contributed by atoms with Crippen LogP contribution in [0.5, 0.6) is 5.75 Å². The summed E-state index contributed by atoms with van der Waals surface area (Å²) in [6.07, 6.45) is -4.36. The summed E-state index contributed by atoms with van der Waals surface area (Å²) in [6, 6.07) is 12.5. The zero-order valence-electron chi connectivity index (χ0n) is 14.6. The molecule has 148 valence electrons.